The van der Waals surface area contributed by atoms with Crippen molar-refractivity contribution >= 4 is 23.4 Å². The largest absolute Gasteiger partial charge is 0.481 e. The first-order chi connectivity index (χ1) is 10.1. The van der Waals surface area contributed by atoms with Crippen LogP contribution >= 0.6 is 23.4 Å². The van der Waals surface area contributed by atoms with Crippen molar-refractivity contribution in [2.45, 2.75) is 5.25 Å². The van der Waals surface area contributed by atoms with E-state index in [0.29, 0.717) is 28.2 Å². The summed E-state index contributed by atoms with van der Waals surface area (Å²) in [5.41, 5.74) is 0.683. The maximum absolute atomic E-state index is 13.5. The molecule has 0 saturated heterocycles. The van der Waals surface area contributed by atoms with Crippen LogP contribution in [0.15, 0.2) is 24.3 Å². The molecule has 0 aliphatic carbocycles. The van der Waals surface area contributed by atoms with Crippen LogP contribution in [0.3, 0.4) is 0 Å². The molecule has 0 aliphatic rings. The molecular weight excluding hydrogens is 315 g/mol. The van der Waals surface area contributed by atoms with E-state index >= 15 is 0 Å². The molecule has 0 N–H and O–H groups in total. The maximum atomic E-state index is 13.5. The van der Waals surface area contributed by atoms with Crippen LogP contribution in [0.4, 0.5) is 4.39 Å². The second-order valence-electron chi connectivity index (χ2n) is 4.13. The summed E-state index contributed by atoms with van der Waals surface area (Å²) in [5, 5.41) is 0.0566. The Morgan fingerprint density at radius 3 is 2.19 bits per heavy atom. The lowest BCUT2D eigenvalue weighted by molar-refractivity contribution is 0.368. The molecule has 1 unspecified atom stereocenters. The number of halogens is 2. The summed E-state index contributed by atoms with van der Waals surface area (Å²) in [6.07, 6.45) is 1.89. The quantitative estimate of drug-likeness (QED) is 0.836. The van der Waals surface area contributed by atoms with Gasteiger partial charge < -0.3 is 9.47 Å². The van der Waals surface area contributed by atoms with E-state index in [1.54, 1.807) is 12.1 Å². The number of aromatic nitrogens is 2. The third-order valence-corrected chi connectivity index (χ3v) is 3.95. The first-order valence-corrected chi connectivity index (χ1v) is 7.69. The lowest BCUT2D eigenvalue weighted by Gasteiger charge is -2.15. The lowest BCUT2D eigenvalue weighted by atomic mass is 10.1. The zero-order valence-corrected chi connectivity index (χ0v) is 13.3. The minimum atomic E-state index is -0.397. The fourth-order valence-electron chi connectivity index (χ4n) is 1.86. The summed E-state index contributed by atoms with van der Waals surface area (Å²) in [5.74, 6) is 0.851. The molecule has 0 radical (unpaired) electrons. The fourth-order valence-corrected chi connectivity index (χ4v) is 2.82. The van der Waals surface area contributed by atoms with Gasteiger partial charge in [-0.25, -0.2) is 4.39 Å². The Morgan fingerprint density at radius 1 is 1.10 bits per heavy atom. The summed E-state index contributed by atoms with van der Waals surface area (Å²) >= 11 is 7.39. The normalized spacial score (nSPS) is 12.0. The van der Waals surface area contributed by atoms with E-state index in [1.165, 1.54) is 38.1 Å². The highest BCUT2D eigenvalue weighted by Gasteiger charge is 2.19. The van der Waals surface area contributed by atoms with E-state index in [0.717, 1.165) is 0 Å². The van der Waals surface area contributed by atoms with Crippen molar-refractivity contribution in [2.24, 2.45) is 0 Å². The molecule has 2 aromatic rings. The number of benzene rings is 1. The Hall–Kier alpha value is -1.53. The minimum Gasteiger partial charge on any atom is -0.481 e. The predicted molar refractivity (Wildman–Crippen MR) is 81.9 cm³/mol. The summed E-state index contributed by atoms with van der Waals surface area (Å²) in [7, 11) is 3.03. The van der Waals surface area contributed by atoms with E-state index in [1.807, 2.05) is 6.26 Å². The molecule has 1 heterocycles. The van der Waals surface area contributed by atoms with Gasteiger partial charge in [0.2, 0.25) is 11.8 Å². The van der Waals surface area contributed by atoms with Gasteiger partial charge in [0.1, 0.15) is 5.82 Å². The van der Waals surface area contributed by atoms with E-state index in [2.05, 4.69) is 9.97 Å². The predicted octanol–water partition coefficient (Wildman–Crippen LogP) is 3.74. The molecule has 21 heavy (non-hydrogen) atoms. The van der Waals surface area contributed by atoms with Gasteiger partial charge >= 0.3 is 0 Å². The Kier molecular flexibility index (Phi) is 5.25. The summed E-state index contributed by atoms with van der Waals surface area (Å²) in [6, 6.07) is 5.96. The van der Waals surface area contributed by atoms with Gasteiger partial charge in [0, 0.05) is 5.02 Å². The number of nitrogens with zero attached hydrogens (tertiary/aromatic N) is 2. The monoisotopic (exact) mass is 328 g/mol. The average Bonchev–Trinajstić information content (AvgIpc) is 2.46. The minimum absolute atomic E-state index is 0.276. The molecular formula is C14H14ClFN2O2S. The molecule has 4 nitrogen and oxygen atoms in total. The number of rotatable bonds is 5. The van der Waals surface area contributed by atoms with Crippen molar-refractivity contribution in [3.8, 4) is 11.8 Å². The summed E-state index contributed by atoms with van der Waals surface area (Å²) in [4.78, 5) is 8.61. The van der Waals surface area contributed by atoms with Crippen molar-refractivity contribution in [2.75, 3.05) is 20.5 Å². The van der Waals surface area contributed by atoms with Crippen LogP contribution in [0.1, 0.15) is 16.6 Å². The highest BCUT2D eigenvalue weighted by atomic mass is 35.5. The van der Waals surface area contributed by atoms with Crippen molar-refractivity contribution in [1.29, 1.82) is 0 Å². The molecule has 0 fully saturated rings. The SMILES string of the molecule is COc1cc(OC)nc(C(SC)c2cc(F)cc(Cl)c2)n1. The number of thioether (sulfide) groups is 1. The molecule has 1 aromatic carbocycles. The van der Waals surface area contributed by atoms with Crippen molar-refractivity contribution in [3.63, 3.8) is 0 Å². The standard InChI is InChI=1S/C14H14ClFN2O2S/c1-19-11-7-12(20-2)18-14(17-11)13(21-3)8-4-9(15)6-10(16)5-8/h4-7,13H,1-3H3. The average molecular weight is 329 g/mol. The van der Waals surface area contributed by atoms with Crippen LogP contribution < -0.4 is 9.47 Å². The highest BCUT2D eigenvalue weighted by molar-refractivity contribution is 7.99. The first-order valence-electron chi connectivity index (χ1n) is 6.03. The number of ether oxygens (including phenoxy) is 2. The van der Waals surface area contributed by atoms with Crippen LogP contribution in [-0.2, 0) is 0 Å². The van der Waals surface area contributed by atoms with Gasteiger partial charge in [-0.2, -0.15) is 9.97 Å². The van der Waals surface area contributed by atoms with Crippen LogP contribution in [0.25, 0.3) is 0 Å². The molecule has 2 rings (SSSR count). The van der Waals surface area contributed by atoms with Gasteiger partial charge in [-0.05, 0) is 30.0 Å². The molecule has 112 valence electrons. The van der Waals surface area contributed by atoms with Crippen LogP contribution in [0, 0.1) is 5.82 Å². The molecule has 0 aliphatic heterocycles. The molecule has 1 aromatic heterocycles. The van der Waals surface area contributed by atoms with Crippen molar-refractivity contribution in [1.82, 2.24) is 9.97 Å². The highest BCUT2D eigenvalue weighted by Crippen LogP contribution is 2.35. The van der Waals surface area contributed by atoms with Crippen molar-refractivity contribution in [3.05, 3.63) is 46.5 Å². The second kappa shape index (κ2) is 6.95. The Morgan fingerprint density at radius 2 is 1.71 bits per heavy atom. The van der Waals surface area contributed by atoms with E-state index in [4.69, 9.17) is 21.1 Å². The third kappa shape index (κ3) is 3.77. The summed E-state index contributed by atoms with van der Waals surface area (Å²) < 4.78 is 23.8. The van der Waals surface area contributed by atoms with Gasteiger partial charge in [-0.15, -0.1) is 11.8 Å². The Balaban J connectivity index is 2.49. The molecule has 0 bridgehead atoms. The van der Waals surface area contributed by atoms with Crippen LogP contribution in [0.5, 0.6) is 11.8 Å². The number of hydrogen-bond donors (Lipinski definition) is 0. The maximum Gasteiger partial charge on any atom is 0.220 e. The Bertz CT molecular complexity index is 600. The third-order valence-electron chi connectivity index (χ3n) is 2.77. The van der Waals surface area contributed by atoms with Crippen LogP contribution in [-0.4, -0.2) is 30.4 Å². The molecule has 0 amide bonds. The van der Waals surface area contributed by atoms with E-state index in [9.17, 15) is 4.39 Å². The smallest absolute Gasteiger partial charge is 0.220 e. The summed E-state index contributed by atoms with van der Waals surface area (Å²) in [6.45, 7) is 0. The number of hydrogen-bond acceptors (Lipinski definition) is 5. The van der Waals surface area contributed by atoms with E-state index in [-0.39, 0.29) is 5.25 Å². The topological polar surface area (TPSA) is 44.2 Å². The van der Waals surface area contributed by atoms with Crippen molar-refractivity contribution < 1.29 is 13.9 Å². The molecule has 7 heteroatoms. The van der Waals surface area contributed by atoms with Gasteiger partial charge in [0.25, 0.3) is 0 Å². The zero-order chi connectivity index (χ0) is 15.4. The van der Waals surface area contributed by atoms with Gasteiger partial charge in [0.05, 0.1) is 25.5 Å². The molecule has 1 atom stereocenters. The zero-order valence-electron chi connectivity index (χ0n) is 11.8. The molecule has 0 spiro atoms. The van der Waals surface area contributed by atoms with Crippen LogP contribution in [0.2, 0.25) is 5.02 Å². The second-order valence-corrected chi connectivity index (χ2v) is 5.51. The lowest BCUT2D eigenvalue weighted by Crippen LogP contribution is -2.06. The number of methoxy groups -OCH3 is 2. The first kappa shape index (κ1) is 15.9. The van der Waals surface area contributed by atoms with Gasteiger partial charge in [-0.3, -0.25) is 0 Å². The van der Waals surface area contributed by atoms with Gasteiger partial charge in [-0.1, -0.05) is 11.6 Å². The van der Waals surface area contributed by atoms with Gasteiger partial charge in [0.15, 0.2) is 5.82 Å². The Labute approximate surface area is 131 Å². The van der Waals surface area contributed by atoms with E-state index < -0.39 is 5.82 Å². The molecule has 0 saturated carbocycles. The fraction of sp³-hybridized carbons (Fsp3) is 0.286.